The van der Waals surface area contributed by atoms with Crippen molar-refractivity contribution in [2.75, 3.05) is 31.8 Å². The second-order valence-electron chi connectivity index (χ2n) is 4.19. The van der Waals surface area contributed by atoms with Crippen LogP contribution in [-0.4, -0.2) is 42.6 Å². The van der Waals surface area contributed by atoms with E-state index in [4.69, 9.17) is 9.37 Å². The van der Waals surface area contributed by atoms with Crippen molar-refractivity contribution in [3.05, 3.63) is 34.2 Å². The molecule has 0 saturated heterocycles. The highest BCUT2D eigenvalue weighted by molar-refractivity contribution is 9.10. The van der Waals surface area contributed by atoms with Crippen LogP contribution in [0.1, 0.15) is 5.69 Å². The zero-order chi connectivity index (χ0) is 16.7. The first-order valence-corrected chi connectivity index (χ1v) is 8.58. The largest absolute Gasteiger partial charge is 0.472 e. The van der Waals surface area contributed by atoms with Crippen molar-refractivity contribution >= 4 is 39.4 Å². The maximum Gasteiger partial charge on any atom is 0.287 e. The van der Waals surface area contributed by atoms with E-state index in [9.17, 15) is 4.39 Å². The quantitative estimate of drug-likeness (QED) is 0.318. The predicted octanol–water partition coefficient (Wildman–Crippen LogP) is 2.71. The topological polar surface area (TPSA) is 84.6 Å². The highest BCUT2D eigenvalue weighted by Crippen LogP contribution is 2.21. The second-order valence-corrected chi connectivity index (χ2v) is 5.74. The number of aliphatic imine (C=N–C) groups is 1. The van der Waals surface area contributed by atoms with Gasteiger partial charge in [-0.3, -0.25) is 9.71 Å². The summed E-state index contributed by atoms with van der Waals surface area (Å²) in [5, 5.41) is 10.6. The molecule has 0 aliphatic carbocycles. The van der Waals surface area contributed by atoms with Gasteiger partial charge < -0.3 is 10.1 Å². The summed E-state index contributed by atoms with van der Waals surface area (Å²) in [6, 6.07) is 4.52. The Morgan fingerprint density at radius 3 is 3.00 bits per heavy atom. The van der Waals surface area contributed by atoms with Gasteiger partial charge in [-0.2, -0.15) is 0 Å². The number of rotatable bonds is 7. The van der Waals surface area contributed by atoms with Crippen LogP contribution >= 0.6 is 27.9 Å². The molecule has 1 heterocycles. The maximum atomic E-state index is 13.3. The number of hydrogen-bond donors (Lipinski definition) is 2. The molecule has 124 valence electrons. The number of aromatic nitrogens is 2. The molecule has 0 radical (unpaired) electrons. The van der Waals surface area contributed by atoms with E-state index in [2.05, 4.69) is 41.3 Å². The number of nitrogens with one attached hydrogen (secondary N) is 2. The third-order valence-electron chi connectivity index (χ3n) is 2.68. The molecule has 0 bridgehead atoms. The Hall–Kier alpha value is -1.65. The minimum absolute atomic E-state index is 0.238. The zero-order valence-corrected chi connectivity index (χ0v) is 14.9. The second kappa shape index (κ2) is 8.85. The summed E-state index contributed by atoms with van der Waals surface area (Å²) in [6.45, 7) is 1.05. The Balaban J connectivity index is 2.09. The highest BCUT2D eigenvalue weighted by Gasteiger charge is 2.18. The van der Waals surface area contributed by atoms with Crippen molar-refractivity contribution in [3.8, 4) is 5.88 Å². The fraction of sp³-hybridized carbons (Fsp3) is 0.308. The summed E-state index contributed by atoms with van der Waals surface area (Å²) in [5.74, 6) is 0.290. The summed E-state index contributed by atoms with van der Waals surface area (Å²) in [4.78, 5) is 4.12. The molecule has 0 amide bonds. The molecule has 2 aromatic rings. The van der Waals surface area contributed by atoms with Gasteiger partial charge in [0.15, 0.2) is 5.84 Å². The van der Waals surface area contributed by atoms with Crippen molar-refractivity contribution in [3.63, 3.8) is 0 Å². The first kappa shape index (κ1) is 17.7. The first-order valence-electron chi connectivity index (χ1n) is 6.56. The summed E-state index contributed by atoms with van der Waals surface area (Å²) < 4.78 is 26.9. The van der Waals surface area contributed by atoms with Gasteiger partial charge in [-0.05, 0) is 50.7 Å². The number of benzene rings is 1. The SMILES string of the molecule is CN=C(Nc1ccc(F)c(Br)c1)c1nonc1OCCNSC. The normalized spacial score (nSPS) is 11.6. The molecule has 0 fully saturated rings. The Labute approximate surface area is 145 Å². The van der Waals surface area contributed by atoms with Gasteiger partial charge in [0, 0.05) is 19.3 Å². The zero-order valence-electron chi connectivity index (χ0n) is 12.5. The van der Waals surface area contributed by atoms with Gasteiger partial charge in [-0.1, -0.05) is 11.9 Å². The number of amidine groups is 1. The van der Waals surface area contributed by atoms with Crippen LogP contribution in [0.25, 0.3) is 0 Å². The van der Waals surface area contributed by atoms with Gasteiger partial charge in [0.2, 0.25) is 5.69 Å². The Bertz CT molecular complexity index is 682. The standard InChI is InChI=1S/C13H15BrFN5O2S/c1-16-12(18-8-3-4-10(15)9(14)7-8)11-13(20-22-19-11)21-6-5-17-23-2/h3-4,7,17H,5-6H2,1-2H3,(H,16,18). The van der Waals surface area contributed by atoms with Gasteiger partial charge >= 0.3 is 0 Å². The number of halogens is 2. The smallest absolute Gasteiger partial charge is 0.287 e. The molecule has 0 aliphatic heterocycles. The molecule has 0 saturated carbocycles. The third-order valence-corrected chi connectivity index (χ3v) is 3.78. The van der Waals surface area contributed by atoms with E-state index in [1.165, 1.54) is 18.0 Å². The van der Waals surface area contributed by atoms with Crippen molar-refractivity contribution < 1.29 is 13.8 Å². The van der Waals surface area contributed by atoms with E-state index in [1.807, 2.05) is 6.26 Å². The van der Waals surface area contributed by atoms with Gasteiger partial charge in [-0.25, -0.2) is 9.02 Å². The molecule has 1 aromatic heterocycles. The minimum Gasteiger partial charge on any atom is -0.472 e. The number of anilines is 1. The van der Waals surface area contributed by atoms with Gasteiger partial charge in [0.05, 0.1) is 4.47 Å². The Morgan fingerprint density at radius 1 is 1.48 bits per heavy atom. The Kier molecular flexibility index (Phi) is 6.81. The van der Waals surface area contributed by atoms with E-state index in [-0.39, 0.29) is 11.7 Å². The molecule has 7 nitrogen and oxygen atoms in total. The summed E-state index contributed by atoms with van der Waals surface area (Å²) in [7, 11) is 1.59. The molecule has 1 aromatic carbocycles. The van der Waals surface area contributed by atoms with Crippen LogP contribution in [0.5, 0.6) is 5.88 Å². The summed E-state index contributed by atoms with van der Waals surface area (Å²) >= 11 is 4.63. The van der Waals surface area contributed by atoms with E-state index in [0.717, 1.165) is 0 Å². The molecule has 23 heavy (non-hydrogen) atoms. The van der Waals surface area contributed by atoms with Crippen LogP contribution in [0.4, 0.5) is 10.1 Å². The molecule has 2 N–H and O–H groups in total. The van der Waals surface area contributed by atoms with Crippen LogP contribution in [0.15, 0.2) is 32.3 Å². The fourth-order valence-electron chi connectivity index (χ4n) is 1.64. The van der Waals surface area contributed by atoms with Crippen LogP contribution in [0.2, 0.25) is 0 Å². The van der Waals surface area contributed by atoms with Crippen molar-refractivity contribution in [1.82, 2.24) is 15.0 Å². The first-order chi connectivity index (χ1) is 11.2. The minimum atomic E-state index is -0.348. The average molecular weight is 404 g/mol. The van der Waals surface area contributed by atoms with Crippen LogP contribution in [0.3, 0.4) is 0 Å². The highest BCUT2D eigenvalue weighted by atomic mass is 79.9. The van der Waals surface area contributed by atoms with Crippen molar-refractivity contribution in [1.29, 1.82) is 0 Å². The molecule has 0 unspecified atom stereocenters. The number of nitrogens with zero attached hydrogens (tertiary/aromatic N) is 3. The number of hydrogen-bond acceptors (Lipinski definition) is 7. The molecule has 0 atom stereocenters. The molecule has 0 aliphatic rings. The van der Waals surface area contributed by atoms with Crippen LogP contribution in [-0.2, 0) is 0 Å². The van der Waals surface area contributed by atoms with E-state index in [0.29, 0.717) is 34.8 Å². The van der Waals surface area contributed by atoms with Crippen molar-refractivity contribution in [2.45, 2.75) is 0 Å². The van der Waals surface area contributed by atoms with E-state index < -0.39 is 0 Å². The van der Waals surface area contributed by atoms with Crippen LogP contribution < -0.4 is 14.8 Å². The van der Waals surface area contributed by atoms with Gasteiger partial charge in [0.1, 0.15) is 12.4 Å². The lowest BCUT2D eigenvalue weighted by Crippen LogP contribution is -2.18. The Morgan fingerprint density at radius 2 is 2.30 bits per heavy atom. The van der Waals surface area contributed by atoms with Gasteiger partial charge in [0.25, 0.3) is 5.88 Å². The summed E-state index contributed by atoms with van der Waals surface area (Å²) in [6.07, 6.45) is 1.93. The van der Waals surface area contributed by atoms with Gasteiger partial charge in [-0.15, -0.1) is 0 Å². The monoisotopic (exact) mass is 403 g/mol. The molecule has 0 spiro atoms. The maximum absolute atomic E-state index is 13.3. The molecular weight excluding hydrogens is 389 g/mol. The third kappa shape index (κ3) is 4.91. The van der Waals surface area contributed by atoms with E-state index >= 15 is 0 Å². The predicted molar refractivity (Wildman–Crippen MR) is 91.5 cm³/mol. The van der Waals surface area contributed by atoms with Crippen LogP contribution in [0, 0.1) is 5.82 Å². The lowest BCUT2D eigenvalue weighted by Gasteiger charge is -2.09. The lowest BCUT2D eigenvalue weighted by molar-refractivity contribution is 0.258. The molecule has 2 rings (SSSR count). The summed E-state index contributed by atoms with van der Waals surface area (Å²) in [5.41, 5.74) is 0.981. The molecule has 10 heteroatoms. The molecular formula is C13H15BrFN5O2S. The fourth-order valence-corrected chi connectivity index (χ4v) is 2.31. The average Bonchev–Trinajstić information content (AvgIpc) is 3.01. The van der Waals surface area contributed by atoms with Crippen molar-refractivity contribution in [2.24, 2.45) is 4.99 Å². The van der Waals surface area contributed by atoms with E-state index in [1.54, 1.807) is 19.2 Å². The lowest BCUT2D eigenvalue weighted by atomic mass is 10.3. The number of ether oxygens (including phenoxy) is 1.